The van der Waals surface area contributed by atoms with Gasteiger partial charge in [0, 0.05) is 14.5 Å². The van der Waals surface area contributed by atoms with Gasteiger partial charge in [-0.15, -0.1) is 0 Å². The molecule has 0 atom stereocenters. The van der Waals surface area contributed by atoms with Gasteiger partial charge in [0.25, 0.3) is 0 Å². The third-order valence-electron chi connectivity index (χ3n) is 3.16. The van der Waals surface area contributed by atoms with Crippen LogP contribution >= 0.6 is 34.2 Å². The second-order valence-corrected chi connectivity index (χ2v) is 6.05. The fraction of sp³-hybridized carbons (Fsp3) is 0.462. The maximum Gasteiger partial charge on any atom is 0.227 e. The second-order valence-electron chi connectivity index (χ2n) is 4.45. The molecule has 2 nitrogen and oxygen atoms in total. The number of hydrogen-bond acceptors (Lipinski definition) is 1. The number of rotatable bonds is 2. The number of amides is 1. The van der Waals surface area contributed by atoms with Gasteiger partial charge in [-0.3, -0.25) is 4.79 Å². The second kappa shape index (κ2) is 6.05. The molecule has 0 spiro atoms. The summed E-state index contributed by atoms with van der Waals surface area (Å²) < 4.78 is 0.985. The molecule has 1 saturated carbocycles. The number of carbonyl (C=O) groups excluding carboxylic acids is 1. The van der Waals surface area contributed by atoms with E-state index in [2.05, 4.69) is 27.9 Å². The van der Waals surface area contributed by atoms with Crippen LogP contribution in [-0.2, 0) is 4.79 Å². The number of nitrogens with one attached hydrogen (secondary N) is 1. The van der Waals surface area contributed by atoms with Gasteiger partial charge in [-0.2, -0.15) is 0 Å². The van der Waals surface area contributed by atoms with E-state index in [4.69, 9.17) is 11.6 Å². The number of benzene rings is 1. The molecule has 1 aromatic carbocycles. The normalized spacial score (nSPS) is 16.8. The molecule has 2 rings (SSSR count). The summed E-state index contributed by atoms with van der Waals surface area (Å²) in [6, 6.07) is 5.53. The molecule has 1 amide bonds. The highest BCUT2D eigenvalue weighted by Gasteiger charge is 2.21. The average molecular weight is 364 g/mol. The van der Waals surface area contributed by atoms with Crippen molar-refractivity contribution >= 4 is 45.8 Å². The maximum absolute atomic E-state index is 12.1. The molecule has 0 unspecified atom stereocenters. The van der Waals surface area contributed by atoms with Crippen molar-refractivity contribution in [1.82, 2.24) is 0 Å². The Kier molecular flexibility index (Phi) is 4.68. The lowest BCUT2D eigenvalue weighted by Crippen LogP contribution is -2.25. The van der Waals surface area contributed by atoms with Crippen molar-refractivity contribution in [2.75, 3.05) is 5.32 Å². The van der Waals surface area contributed by atoms with E-state index in [9.17, 15) is 4.79 Å². The number of carbonyl (C=O) groups is 1. The Labute approximate surface area is 120 Å². The first-order valence-electron chi connectivity index (χ1n) is 5.93. The van der Waals surface area contributed by atoms with E-state index in [0.29, 0.717) is 5.02 Å². The Morgan fingerprint density at radius 2 is 2.00 bits per heavy atom. The molecule has 1 aromatic rings. The monoisotopic (exact) mass is 363 g/mol. The van der Waals surface area contributed by atoms with Crippen LogP contribution in [0.5, 0.6) is 0 Å². The van der Waals surface area contributed by atoms with Gasteiger partial charge in [-0.05, 0) is 53.6 Å². The molecule has 0 radical (unpaired) electrons. The van der Waals surface area contributed by atoms with Gasteiger partial charge < -0.3 is 5.32 Å². The molecule has 0 bridgehead atoms. The van der Waals surface area contributed by atoms with Crippen LogP contribution < -0.4 is 5.32 Å². The maximum atomic E-state index is 12.1. The molecule has 0 aliphatic heterocycles. The summed E-state index contributed by atoms with van der Waals surface area (Å²) >= 11 is 8.08. The van der Waals surface area contributed by atoms with Gasteiger partial charge >= 0.3 is 0 Å². The van der Waals surface area contributed by atoms with Crippen LogP contribution in [0, 0.1) is 9.49 Å². The van der Waals surface area contributed by atoms with Crippen LogP contribution in [0.25, 0.3) is 0 Å². The zero-order chi connectivity index (χ0) is 12.3. The Balaban J connectivity index is 2.02. The number of halogens is 2. The fourth-order valence-electron chi connectivity index (χ4n) is 2.19. The summed E-state index contributed by atoms with van der Waals surface area (Å²) in [7, 11) is 0. The van der Waals surface area contributed by atoms with Gasteiger partial charge in [0.2, 0.25) is 5.91 Å². The Bertz CT molecular complexity index is 416. The molecule has 1 fully saturated rings. The predicted octanol–water partition coefficient (Wildman–Crippen LogP) is 4.46. The van der Waals surface area contributed by atoms with Crippen LogP contribution in [0.1, 0.15) is 32.1 Å². The lowest BCUT2D eigenvalue weighted by molar-refractivity contribution is -0.120. The van der Waals surface area contributed by atoms with Gasteiger partial charge in [-0.25, -0.2) is 0 Å². The number of hydrogen-bond donors (Lipinski definition) is 1. The zero-order valence-corrected chi connectivity index (χ0v) is 12.4. The molecule has 1 N–H and O–H groups in total. The minimum absolute atomic E-state index is 0.157. The summed E-state index contributed by atoms with van der Waals surface area (Å²) in [6.45, 7) is 0. The van der Waals surface area contributed by atoms with E-state index in [1.165, 1.54) is 19.3 Å². The lowest BCUT2D eigenvalue weighted by Gasteiger charge is -2.21. The van der Waals surface area contributed by atoms with E-state index in [1.807, 2.05) is 12.1 Å². The highest BCUT2D eigenvalue weighted by molar-refractivity contribution is 14.1. The molecule has 92 valence electrons. The summed E-state index contributed by atoms with van der Waals surface area (Å²) in [5, 5.41) is 3.70. The van der Waals surface area contributed by atoms with Gasteiger partial charge in [0.1, 0.15) is 0 Å². The standard InChI is InChI=1S/C13H15ClINO/c14-10-6-7-12(11(15)8-10)16-13(17)9-4-2-1-3-5-9/h6-9H,1-5H2,(H,16,17). The van der Waals surface area contributed by atoms with Crippen molar-refractivity contribution in [3.05, 3.63) is 26.8 Å². The highest BCUT2D eigenvalue weighted by atomic mass is 127. The molecule has 0 saturated heterocycles. The molecule has 1 aliphatic rings. The van der Waals surface area contributed by atoms with E-state index in [0.717, 1.165) is 22.1 Å². The quantitative estimate of drug-likeness (QED) is 0.772. The Morgan fingerprint density at radius 3 is 2.65 bits per heavy atom. The third-order valence-corrected chi connectivity index (χ3v) is 4.29. The Morgan fingerprint density at radius 1 is 1.29 bits per heavy atom. The minimum Gasteiger partial charge on any atom is -0.325 e. The first-order valence-corrected chi connectivity index (χ1v) is 7.38. The summed E-state index contributed by atoms with van der Waals surface area (Å²) in [5.74, 6) is 0.347. The summed E-state index contributed by atoms with van der Waals surface area (Å²) in [5.41, 5.74) is 0.866. The van der Waals surface area contributed by atoms with Crippen molar-refractivity contribution in [1.29, 1.82) is 0 Å². The van der Waals surface area contributed by atoms with Crippen molar-refractivity contribution in [2.45, 2.75) is 32.1 Å². The van der Waals surface area contributed by atoms with Crippen LogP contribution in [-0.4, -0.2) is 5.91 Å². The third kappa shape index (κ3) is 3.58. The topological polar surface area (TPSA) is 29.1 Å². The number of anilines is 1. The predicted molar refractivity (Wildman–Crippen MR) is 79.4 cm³/mol. The Hall–Kier alpha value is -0.290. The molecule has 1 aliphatic carbocycles. The average Bonchev–Trinajstić information content (AvgIpc) is 2.34. The largest absolute Gasteiger partial charge is 0.325 e. The summed E-state index contributed by atoms with van der Waals surface area (Å²) in [6.07, 6.45) is 5.67. The molecule has 0 aromatic heterocycles. The SMILES string of the molecule is O=C(Nc1ccc(Cl)cc1I)C1CCCCC1. The molecule has 17 heavy (non-hydrogen) atoms. The van der Waals surface area contributed by atoms with Gasteiger partial charge in [0.15, 0.2) is 0 Å². The van der Waals surface area contributed by atoms with Crippen molar-refractivity contribution in [2.24, 2.45) is 5.92 Å². The molecular formula is C13H15ClINO. The van der Waals surface area contributed by atoms with E-state index >= 15 is 0 Å². The van der Waals surface area contributed by atoms with Crippen molar-refractivity contribution < 1.29 is 4.79 Å². The lowest BCUT2D eigenvalue weighted by atomic mass is 9.88. The molecule has 0 heterocycles. The first kappa shape index (κ1) is 13.1. The summed E-state index contributed by atoms with van der Waals surface area (Å²) in [4.78, 5) is 12.1. The van der Waals surface area contributed by atoms with Crippen LogP contribution in [0.4, 0.5) is 5.69 Å². The zero-order valence-electron chi connectivity index (χ0n) is 9.51. The molecule has 4 heteroatoms. The minimum atomic E-state index is 0.157. The van der Waals surface area contributed by atoms with Crippen molar-refractivity contribution in [3.63, 3.8) is 0 Å². The first-order chi connectivity index (χ1) is 8.16. The van der Waals surface area contributed by atoms with Crippen molar-refractivity contribution in [3.8, 4) is 0 Å². The molecular weight excluding hydrogens is 349 g/mol. The van der Waals surface area contributed by atoms with E-state index < -0.39 is 0 Å². The van der Waals surface area contributed by atoms with E-state index in [-0.39, 0.29) is 11.8 Å². The fourth-order valence-corrected chi connectivity index (χ4v) is 3.20. The van der Waals surface area contributed by atoms with Gasteiger partial charge in [0.05, 0.1) is 5.69 Å². The van der Waals surface area contributed by atoms with Crippen LogP contribution in [0.2, 0.25) is 5.02 Å². The highest BCUT2D eigenvalue weighted by Crippen LogP contribution is 2.27. The van der Waals surface area contributed by atoms with Crippen LogP contribution in [0.15, 0.2) is 18.2 Å². The van der Waals surface area contributed by atoms with Gasteiger partial charge in [-0.1, -0.05) is 30.9 Å². The van der Waals surface area contributed by atoms with Crippen LogP contribution in [0.3, 0.4) is 0 Å². The smallest absolute Gasteiger partial charge is 0.227 e. The van der Waals surface area contributed by atoms with E-state index in [1.54, 1.807) is 6.07 Å².